The van der Waals surface area contributed by atoms with E-state index < -0.39 is 0 Å². The summed E-state index contributed by atoms with van der Waals surface area (Å²) in [7, 11) is 0. The van der Waals surface area contributed by atoms with E-state index in [0.29, 0.717) is 27.9 Å². The van der Waals surface area contributed by atoms with Crippen LogP contribution in [0, 0.1) is 0 Å². The van der Waals surface area contributed by atoms with Gasteiger partial charge in [-0.1, -0.05) is 41.0 Å². The van der Waals surface area contributed by atoms with Crippen LogP contribution in [-0.2, 0) is 0 Å². The zero-order chi connectivity index (χ0) is 18.6. The van der Waals surface area contributed by atoms with Crippen molar-refractivity contribution in [3.63, 3.8) is 0 Å². The lowest BCUT2D eigenvalue weighted by atomic mass is 10.0. The summed E-state index contributed by atoms with van der Waals surface area (Å²) in [6.45, 7) is 1.78. The molecule has 4 rings (SSSR count). The SMILES string of the molecule is O=C(N[C@H]1CCCNC1)c1ccccc1-c1nc(-c2cccc(Cl)c2)no1. The standard InChI is InChI=1S/C20H19ClN4O2/c21-14-6-3-5-13(11-14)18-24-20(27-25-18)17-9-2-1-8-16(17)19(26)23-15-7-4-10-22-12-15/h1-3,5-6,8-9,11,15,22H,4,7,10,12H2,(H,23,26)/t15-/m0/s1. The molecule has 2 N–H and O–H groups in total. The lowest BCUT2D eigenvalue weighted by Gasteiger charge is -2.24. The van der Waals surface area contributed by atoms with Crippen molar-refractivity contribution in [3.8, 4) is 22.8 Å². The Bertz CT molecular complexity index is 950. The quantitative estimate of drug-likeness (QED) is 0.721. The van der Waals surface area contributed by atoms with Crippen molar-refractivity contribution in [2.24, 2.45) is 0 Å². The van der Waals surface area contributed by atoms with Crippen molar-refractivity contribution >= 4 is 17.5 Å². The van der Waals surface area contributed by atoms with Gasteiger partial charge in [0.05, 0.1) is 11.1 Å². The van der Waals surface area contributed by atoms with Crippen molar-refractivity contribution in [1.29, 1.82) is 0 Å². The van der Waals surface area contributed by atoms with Crippen molar-refractivity contribution < 1.29 is 9.32 Å². The number of aromatic nitrogens is 2. The molecule has 2 aromatic carbocycles. The zero-order valence-electron chi connectivity index (χ0n) is 14.6. The average molecular weight is 383 g/mol. The Kier molecular flexibility index (Phi) is 5.18. The molecule has 1 aromatic heterocycles. The number of hydrogen-bond donors (Lipinski definition) is 2. The zero-order valence-corrected chi connectivity index (χ0v) is 15.4. The molecule has 0 unspecified atom stereocenters. The van der Waals surface area contributed by atoms with Crippen LogP contribution in [0.1, 0.15) is 23.2 Å². The maximum atomic E-state index is 12.8. The lowest BCUT2D eigenvalue weighted by Crippen LogP contribution is -2.45. The molecule has 27 heavy (non-hydrogen) atoms. The van der Waals surface area contributed by atoms with Crippen LogP contribution in [0.3, 0.4) is 0 Å². The molecule has 1 aliphatic heterocycles. The largest absolute Gasteiger partial charge is 0.348 e. The van der Waals surface area contributed by atoms with Gasteiger partial charge in [-0.15, -0.1) is 0 Å². The summed E-state index contributed by atoms with van der Waals surface area (Å²) in [4.78, 5) is 17.2. The van der Waals surface area contributed by atoms with Gasteiger partial charge >= 0.3 is 0 Å². The van der Waals surface area contributed by atoms with Crippen LogP contribution in [0.2, 0.25) is 5.02 Å². The van der Waals surface area contributed by atoms with Crippen LogP contribution in [-0.4, -0.2) is 35.2 Å². The number of hydrogen-bond acceptors (Lipinski definition) is 5. The molecule has 138 valence electrons. The van der Waals surface area contributed by atoms with Crippen molar-refractivity contribution in [1.82, 2.24) is 20.8 Å². The van der Waals surface area contributed by atoms with Gasteiger partial charge < -0.3 is 15.2 Å². The Labute approximate surface area is 161 Å². The number of nitrogens with one attached hydrogen (secondary N) is 2. The molecule has 1 fully saturated rings. The fraction of sp³-hybridized carbons (Fsp3) is 0.250. The summed E-state index contributed by atoms with van der Waals surface area (Å²) in [6.07, 6.45) is 2.03. The van der Waals surface area contributed by atoms with Crippen LogP contribution in [0.4, 0.5) is 0 Å². The molecule has 1 aliphatic rings. The van der Waals surface area contributed by atoms with E-state index in [0.717, 1.165) is 31.5 Å². The third-order valence-corrected chi connectivity index (χ3v) is 4.78. The topological polar surface area (TPSA) is 80.0 Å². The van der Waals surface area contributed by atoms with E-state index in [2.05, 4.69) is 20.8 Å². The third kappa shape index (κ3) is 4.02. The monoisotopic (exact) mass is 382 g/mol. The van der Waals surface area contributed by atoms with Gasteiger partial charge in [0, 0.05) is 23.2 Å². The molecule has 1 amide bonds. The van der Waals surface area contributed by atoms with Crippen LogP contribution in [0.5, 0.6) is 0 Å². The molecule has 0 radical (unpaired) electrons. The maximum absolute atomic E-state index is 12.8. The van der Waals surface area contributed by atoms with Crippen LogP contribution in [0.15, 0.2) is 53.1 Å². The third-order valence-electron chi connectivity index (χ3n) is 4.54. The highest BCUT2D eigenvalue weighted by atomic mass is 35.5. The summed E-state index contributed by atoms with van der Waals surface area (Å²) >= 11 is 6.03. The number of halogens is 1. The first-order valence-electron chi connectivity index (χ1n) is 8.91. The molecule has 2 heterocycles. The van der Waals surface area contributed by atoms with E-state index in [-0.39, 0.29) is 11.9 Å². The minimum absolute atomic E-state index is 0.129. The van der Waals surface area contributed by atoms with E-state index in [1.54, 1.807) is 18.2 Å². The highest BCUT2D eigenvalue weighted by Crippen LogP contribution is 2.26. The van der Waals surface area contributed by atoms with Gasteiger partial charge in [-0.05, 0) is 43.7 Å². The van der Waals surface area contributed by atoms with Gasteiger partial charge in [-0.2, -0.15) is 4.98 Å². The fourth-order valence-corrected chi connectivity index (χ4v) is 3.37. The Morgan fingerprint density at radius 2 is 2.11 bits per heavy atom. The molecule has 3 aromatic rings. The summed E-state index contributed by atoms with van der Waals surface area (Å²) in [5, 5.41) is 11.0. The Balaban J connectivity index is 1.60. The molecule has 0 bridgehead atoms. The number of carbonyl (C=O) groups excluding carboxylic acids is 1. The van der Waals surface area contributed by atoms with E-state index in [1.165, 1.54) is 0 Å². The Hall–Kier alpha value is -2.70. The second kappa shape index (κ2) is 7.90. The van der Waals surface area contributed by atoms with Crippen LogP contribution in [0.25, 0.3) is 22.8 Å². The minimum atomic E-state index is -0.137. The highest BCUT2D eigenvalue weighted by Gasteiger charge is 2.21. The first-order valence-corrected chi connectivity index (χ1v) is 9.29. The van der Waals surface area contributed by atoms with Crippen molar-refractivity contribution in [2.45, 2.75) is 18.9 Å². The molecule has 1 saturated heterocycles. The highest BCUT2D eigenvalue weighted by molar-refractivity contribution is 6.30. The van der Waals surface area contributed by atoms with Crippen molar-refractivity contribution in [2.75, 3.05) is 13.1 Å². The second-order valence-corrected chi connectivity index (χ2v) is 6.93. The Morgan fingerprint density at radius 3 is 2.93 bits per heavy atom. The average Bonchev–Trinajstić information content (AvgIpc) is 3.19. The van der Waals surface area contributed by atoms with Gasteiger partial charge in [-0.25, -0.2) is 0 Å². The molecule has 7 heteroatoms. The summed E-state index contributed by atoms with van der Waals surface area (Å²) < 4.78 is 5.43. The first-order chi connectivity index (χ1) is 13.2. The summed E-state index contributed by atoms with van der Waals surface area (Å²) in [6, 6.07) is 14.6. The number of carbonyl (C=O) groups is 1. The fourth-order valence-electron chi connectivity index (χ4n) is 3.18. The van der Waals surface area contributed by atoms with Crippen molar-refractivity contribution in [3.05, 3.63) is 59.1 Å². The lowest BCUT2D eigenvalue weighted by molar-refractivity contribution is 0.0931. The first kappa shape index (κ1) is 17.7. The number of nitrogens with zero attached hydrogens (tertiary/aromatic N) is 2. The number of piperidine rings is 1. The molecular formula is C20H19ClN4O2. The predicted octanol–water partition coefficient (Wildman–Crippen LogP) is 3.54. The molecule has 1 atom stereocenters. The van der Waals surface area contributed by atoms with E-state index in [4.69, 9.17) is 16.1 Å². The van der Waals surface area contributed by atoms with Gasteiger partial charge in [0.1, 0.15) is 0 Å². The van der Waals surface area contributed by atoms with Gasteiger partial charge in [0.2, 0.25) is 5.82 Å². The van der Waals surface area contributed by atoms with Gasteiger partial charge in [0.25, 0.3) is 11.8 Å². The van der Waals surface area contributed by atoms with Gasteiger partial charge in [-0.3, -0.25) is 4.79 Å². The molecule has 6 nitrogen and oxygen atoms in total. The van der Waals surface area contributed by atoms with Crippen LogP contribution < -0.4 is 10.6 Å². The summed E-state index contributed by atoms with van der Waals surface area (Å²) in [5.74, 6) is 0.596. The number of amides is 1. The van der Waals surface area contributed by atoms with E-state index in [9.17, 15) is 4.79 Å². The molecule has 0 aliphatic carbocycles. The van der Waals surface area contributed by atoms with E-state index >= 15 is 0 Å². The molecule has 0 saturated carbocycles. The predicted molar refractivity (Wildman–Crippen MR) is 104 cm³/mol. The second-order valence-electron chi connectivity index (χ2n) is 6.50. The van der Waals surface area contributed by atoms with E-state index in [1.807, 2.05) is 30.3 Å². The maximum Gasteiger partial charge on any atom is 0.259 e. The van der Waals surface area contributed by atoms with Crippen LogP contribution >= 0.6 is 11.6 Å². The number of benzene rings is 2. The Morgan fingerprint density at radius 1 is 1.22 bits per heavy atom. The smallest absolute Gasteiger partial charge is 0.259 e. The molecular weight excluding hydrogens is 364 g/mol. The number of rotatable bonds is 4. The summed E-state index contributed by atoms with van der Waals surface area (Å²) in [5.41, 5.74) is 1.89. The van der Waals surface area contributed by atoms with Gasteiger partial charge in [0.15, 0.2) is 0 Å². The minimum Gasteiger partial charge on any atom is -0.348 e. The normalized spacial score (nSPS) is 16.9. The molecule has 0 spiro atoms.